The van der Waals surface area contributed by atoms with Crippen molar-refractivity contribution in [1.29, 1.82) is 0 Å². The van der Waals surface area contributed by atoms with E-state index in [1.54, 1.807) is 19.1 Å². The van der Waals surface area contributed by atoms with Crippen LogP contribution in [0.2, 0.25) is 5.02 Å². The van der Waals surface area contributed by atoms with E-state index in [1.165, 1.54) is 13.2 Å². The number of hydrogen-bond donors (Lipinski definition) is 2. The van der Waals surface area contributed by atoms with Crippen molar-refractivity contribution in [2.45, 2.75) is 32.2 Å². The maximum atomic E-state index is 12.0. The normalized spacial score (nSPS) is 11.8. The number of ether oxygens (including phenoxy) is 1. The number of rotatable bonds is 8. The van der Waals surface area contributed by atoms with Gasteiger partial charge in [0.15, 0.2) is 11.9 Å². The molecule has 0 bridgehead atoms. The first kappa shape index (κ1) is 18.7. The second kappa shape index (κ2) is 8.48. The van der Waals surface area contributed by atoms with Gasteiger partial charge >= 0.3 is 5.97 Å². The van der Waals surface area contributed by atoms with Crippen LogP contribution in [0.1, 0.15) is 36.2 Å². The standard InChI is InChI=1S/C16H18ClN3O5/c1-9-18-14(25-20-9)5-3-4-13(21)19-15(16(22)23)10-6-7-12(24-2)11(17)8-10/h6-8,15H,3-5H2,1-2H3,(H,19,21)(H,22,23). The van der Waals surface area contributed by atoms with Crippen molar-refractivity contribution >= 4 is 23.5 Å². The van der Waals surface area contributed by atoms with Crippen LogP contribution >= 0.6 is 11.6 Å². The summed E-state index contributed by atoms with van der Waals surface area (Å²) in [5.41, 5.74) is 0.360. The van der Waals surface area contributed by atoms with Crippen LogP contribution in [0.15, 0.2) is 22.7 Å². The second-order valence-electron chi connectivity index (χ2n) is 5.32. The van der Waals surface area contributed by atoms with Crippen LogP contribution in [0, 0.1) is 6.92 Å². The highest BCUT2D eigenvalue weighted by Gasteiger charge is 2.23. The van der Waals surface area contributed by atoms with Crippen molar-refractivity contribution in [2.24, 2.45) is 0 Å². The Morgan fingerprint density at radius 3 is 2.76 bits per heavy atom. The zero-order valence-corrected chi connectivity index (χ0v) is 14.5. The molecule has 0 aliphatic heterocycles. The quantitative estimate of drug-likeness (QED) is 0.735. The van der Waals surface area contributed by atoms with Gasteiger partial charge in [-0.25, -0.2) is 4.79 Å². The molecular weight excluding hydrogens is 350 g/mol. The summed E-state index contributed by atoms with van der Waals surface area (Å²) >= 11 is 6.01. The lowest BCUT2D eigenvalue weighted by Crippen LogP contribution is -2.33. The summed E-state index contributed by atoms with van der Waals surface area (Å²) in [4.78, 5) is 27.6. The van der Waals surface area contributed by atoms with Crippen LogP contribution in [0.25, 0.3) is 0 Å². The van der Waals surface area contributed by atoms with Crippen molar-refractivity contribution in [3.05, 3.63) is 40.5 Å². The number of hydrogen-bond acceptors (Lipinski definition) is 6. The molecule has 1 amide bonds. The van der Waals surface area contributed by atoms with E-state index >= 15 is 0 Å². The molecule has 1 aromatic carbocycles. The Balaban J connectivity index is 1.95. The van der Waals surface area contributed by atoms with Gasteiger partial charge < -0.3 is 19.7 Å². The molecule has 9 heteroatoms. The monoisotopic (exact) mass is 367 g/mol. The molecule has 0 radical (unpaired) electrons. The molecule has 8 nitrogen and oxygen atoms in total. The van der Waals surface area contributed by atoms with Crippen LogP contribution in [-0.2, 0) is 16.0 Å². The molecule has 0 aliphatic rings. The largest absolute Gasteiger partial charge is 0.495 e. The summed E-state index contributed by atoms with van der Waals surface area (Å²) in [6.07, 6.45) is 1.04. The zero-order chi connectivity index (χ0) is 18.4. The molecule has 0 saturated heterocycles. The highest BCUT2D eigenvalue weighted by atomic mass is 35.5. The van der Waals surface area contributed by atoms with Crippen molar-refractivity contribution < 1.29 is 24.0 Å². The van der Waals surface area contributed by atoms with Gasteiger partial charge in [0.1, 0.15) is 5.75 Å². The second-order valence-corrected chi connectivity index (χ2v) is 5.73. The van der Waals surface area contributed by atoms with Gasteiger partial charge in [-0.3, -0.25) is 4.79 Å². The third kappa shape index (κ3) is 5.18. The van der Waals surface area contributed by atoms with Crippen LogP contribution in [0.3, 0.4) is 0 Å². The maximum Gasteiger partial charge on any atom is 0.330 e. The molecule has 134 valence electrons. The van der Waals surface area contributed by atoms with Crippen molar-refractivity contribution in [3.63, 3.8) is 0 Å². The number of halogens is 1. The summed E-state index contributed by atoms with van der Waals surface area (Å²) in [6.45, 7) is 1.71. The van der Waals surface area contributed by atoms with Crippen LogP contribution < -0.4 is 10.1 Å². The molecule has 0 aliphatic carbocycles. The molecule has 25 heavy (non-hydrogen) atoms. The number of nitrogens with zero attached hydrogens (tertiary/aromatic N) is 2. The predicted molar refractivity (Wildman–Crippen MR) is 88.5 cm³/mol. The minimum atomic E-state index is -1.19. The van der Waals surface area contributed by atoms with Gasteiger partial charge in [0.25, 0.3) is 0 Å². The van der Waals surface area contributed by atoms with Crippen LogP contribution in [0.5, 0.6) is 5.75 Å². The number of carboxylic acid groups (broad SMARTS) is 1. The van der Waals surface area contributed by atoms with E-state index < -0.39 is 17.9 Å². The fourth-order valence-electron chi connectivity index (χ4n) is 2.22. The number of carboxylic acids is 1. The number of nitrogens with one attached hydrogen (secondary N) is 1. The number of aromatic nitrogens is 2. The topological polar surface area (TPSA) is 115 Å². The molecule has 0 saturated carbocycles. The van der Waals surface area contributed by atoms with Crippen LogP contribution in [0.4, 0.5) is 0 Å². The molecule has 1 heterocycles. The fraction of sp³-hybridized carbons (Fsp3) is 0.375. The Kier molecular flexibility index (Phi) is 6.35. The first-order chi connectivity index (χ1) is 11.9. The SMILES string of the molecule is COc1ccc(C(NC(=O)CCCc2nc(C)no2)C(=O)O)cc1Cl. The maximum absolute atomic E-state index is 12.0. The predicted octanol–water partition coefficient (Wildman–Crippen LogP) is 2.30. The molecule has 2 aromatic rings. The van der Waals surface area contributed by atoms with Gasteiger partial charge in [0, 0.05) is 12.8 Å². The minimum Gasteiger partial charge on any atom is -0.495 e. The Morgan fingerprint density at radius 1 is 1.44 bits per heavy atom. The summed E-state index contributed by atoms with van der Waals surface area (Å²) in [7, 11) is 1.46. The first-order valence-electron chi connectivity index (χ1n) is 7.55. The zero-order valence-electron chi connectivity index (χ0n) is 13.8. The molecule has 1 unspecified atom stereocenters. The third-order valence-corrected chi connectivity index (χ3v) is 3.72. The van der Waals surface area contributed by atoms with Gasteiger partial charge in [-0.05, 0) is 31.0 Å². The van der Waals surface area contributed by atoms with Crippen molar-refractivity contribution in [1.82, 2.24) is 15.5 Å². The van der Waals surface area contributed by atoms with E-state index in [0.29, 0.717) is 35.9 Å². The average Bonchev–Trinajstić information content (AvgIpc) is 2.97. The highest BCUT2D eigenvalue weighted by Crippen LogP contribution is 2.27. The van der Waals surface area contributed by atoms with E-state index in [9.17, 15) is 14.7 Å². The summed E-state index contributed by atoms with van der Waals surface area (Å²) < 4.78 is 9.99. The Labute approximate surface area is 149 Å². The van der Waals surface area contributed by atoms with Crippen LogP contribution in [-0.4, -0.2) is 34.2 Å². The Bertz CT molecular complexity index is 762. The average molecular weight is 368 g/mol. The number of aliphatic carboxylic acids is 1. The minimum absolute atomic E-state index is 0.134. The van der Waals surface area contributed by atoms with Crippen molar-refractivity contribution in [3.8, 4) is 5.75 Å². The summed E-state index contributed by atoms with van der Waals surface area (Å²) in [6, 6.07) is 3.37. The molecule has 0 spiro atoms. The number of methoxy groups -OCH3 is 1. The van der Waals surface area contributed by atoms with Gasteiger partial charge in [-0.2, -0.15) is 4.98 Å². The van der Waals surface area contributed by atoms with Gasteiger partial charge in [0.05, 0.1) is 12.1 Å². The Hall–Kier alpha value is -2.61. The molecule has 2 N–H and O–H groups in total. The van der Waals surface area contributed by atoms with Gasteiger partial charge in [0.2, 0.25) is 11.8 Å². The van der Waals surface area contributed by atoms with E-state index in [4.69, 9.17) is 20.9 Å². The lowest BCUT2D eigenvalue weighted by Gasteiger charge is -2.16. The number of aryl methyl sites for hydroxylation is 2. The highest BCUT2D eigenvalue weighted by molar-refractivity contribution is 6.32. The third-order valence-electron chi connectivity index (χ3n) is 3.43. The fourth-order valence-corrected chi connectivity index (χ4v) is 2.49. The summed E-state index contributed by atoms with van der Waals surface area (Å²) in [5, 5.41) is 15.8. The van der Waals surface area contributed by atoms with E-state index in [1.807, 2.05) is 0 Å². The number of carbonyl (C=O) groups is 2. The molecule has 0 fully saturated rings. The molecule has 1 atom stereocenters. The first-order valence-corrected chi connectivity index (χ1v) is 7.93. The van der Waals surface area contributed by atoms with Gasteiger partial charge in [-0.15, -0.1) is 0 Å². The lowest BCUT2D eigenvalue weighted by atomic mass is 10.1. The number of amides is 1. The van der Waals surface area contributed by atoms with Gasteiger partial charge in [-0.1, -0.05) is 22.8 Å². The summed E-state index contributed by atoms with van der Waals surface area (Å²) in [5.74, 6) is -0.169. The Morgan fingerprint density at radius 2 is 2.20 bits per heavy atom. The van der Waals surface area contributed by atoms with E-state index in [2.05, 4.69) is 15.5 Å². The molecule has 2 rings (SSSR count). The van der Waals surface area contributed by atoms with E-state index in [-0.39, 0.29) is 11.4 Å². The van der Waals surface area contributed by atoms with E-state index in [0.717, 1.165) is 0 Å². The number of benzene rings is 1. The lowest BCUT2D eigenvalue weighted by molar-refractivity contribution is -0.142. The molecular formula is C16H18ClN3O5. The smallest absolute Gasteiger partial charge is 0.330 e. The number of carbonyl (C=O) groups excluding carboxylic acids is 1. The molecule has 1 aromatic heterocycles. The van der Waals surface area contributed by atoms with Crippen molar-refractivity contribution in [2.75, 3.05) is 7.11 Å².